The van der Waals surface area contributed by atoms with Crippen LogP contribution in [0.2, 0.25) is 0 Å². The number of nitrogens with zero attached hydrogens (tertiary/aromatic N) is 2. The van der Waals surface area contributed by atoms with Crippen molar-refractivity contribution in [2.24, 2.45) is 11.3 Å². The van der Waals surface area contributed by atoms with Gasteiger partial charge in [0.2, 0.25) is 5.91 Å². The maximum absolute atomic E-state index is 14.0. The van der Waals surface area contributed by atoms with Gasteiger partial charge < -0.3 is 19.1 Å². The van der Waals surface area contributed by atoms with E-state index in [1.165, 1.54) is 6.07 Å². The van der Waals surface area contributed by atoms with Crippen LogP contribution < -0.4 is 10.3 Å². The fourth-order valence-electron chi connectivity index (χ4n) is 7.01. The fourth-order valence-corrected chi connectivity index (χ4v) is 7.01. The molecule has 1 amide bonds. The summed E-state index contributed by atoms with van der Waals surface area (Å²) in [6.07, 6.45) is -0.113. The van der Waals surface area contributed by atoms with Crippen molar-refractivity contribution >= 4 is 16.9 Å². The Morgan fingerprint density at radius 2 is 1.88 bits per heavy atom. The van der Waals surface area contributed by atoms with Crippen LogP contribution in [0.25, 0.3) is 11.0 Å². The molecule has 1 saturated heterocycles. The average Bonchev–Trinajstić information content (AvgIpc) is 3.57. The third kappa shape index (κ3) is 4.70. The maximum Gasteiger partial charge on any atom is 0.416 e. The van der Waals surface area contributed by atoms with E-state index in [9.17, 15) is 22.8 Å². The van der Waals surface area contributed by atoms with Gasteiger partial charge in [-0.05, 0) is 92.9 Å². The van der Waals surface area contributed by atoms with Gasteiger partial charge in [-0.15, -0.1) is 0 Å². The van der Waals surface area contributed by atoms with Gasteiger partial charge >= 0.3 is 6.18 Å². The highest BCUT2D eigenvalue weighted by molar-refractivity contribution is 5.84. The molecule has 3 aromatic rings. The van der Waals surface area contributed by atoms with Crippen LogP contribution in [0.4, 0.5) is 13.2 Å². The summed E-state index contributed by atoms with van der Waals surface area (Å²) >= 11 is 0. The Morgan fingerprint density at radius 1 is 1.10 bits per heavy atom. The number of likely N-dealkylation sites (tertiary alicyclic amines) is 1. The van der Waals surface area contributed by atoms with Crippen molar-refractivity contribution in [3.63, 3.8) is 0 Å². The zero-order valence-corrected chi connectivity index (χ0v) is 22.7. The van der Waals surface area contributed by atoms with Gasteiger partial charge in [-0.25, -0.2) is 0 Å². The number of amides is 1. The Morgan fingerprint density at radius 3 is 2.60 bits per heavy atom. The van der Waals surface area contributed by atoms with Crippen LogP contribution in [-0.2, 0) is 17.5 Å². The first-order valence-corrected chi connectivity index (χ1v) is 14.0. The Kier molecular flexibility index (Phi) is 6.71. The molecule has 0 bridgehead atoms. The molecule has 1 aromatic heterocycles. The molecule has 3 heterocycles. The molecule has 0 radical (unpaired) electrons. The third-order valence-corrected chi connectivity index (χ3v) is 9.49. The summed E-state index contributed by atoms with van der Waals surface area (Å²) < 4.78 is 50.8. The molecule has 2 aliphatic heterocycles. The van der Waals surface area contributed by atoms with Crippen LogP contribution in [-0.4, -0.2) is 46.7 Å². The predicted octanol–water partition coefficient (Wildman–Crippen LogP) is 5.89. The number of H-pyrrole nitrogens is 1. The molecule has 1 aliphatic carbocycles. The molecular weight excluding hydrogens is 523 g/mol. The lowest BCUT2D eigenvalue weighted by Gasteiger charge is -2.41. The summed E-state index contributed by atoms with van der Waals surface area (Å²) in [6, 6.07) is 9.56. The fraction of sp³-hybridized carbons (Fsp3) is 0.533. The van der Waals surface area contributed by atoms with Crippen molar-refractivity contribution in [3.05, 3.63) is 63.4 Å². The molecular formula is C30H34F3N3O4. The van der Waals surface area contributed by atoms with Crippen molar-refractivity contribution in [1.29, 1.82) is 0 Å². The molecule has 10 heteroatoms. The summed E-state index contributed by atoms with van der Waals surface area (Å²) in [5.41, 5.74) is 0.589. The summed E-state index contributed by atoms with van der Waals surface area (Å²) in [5, 5.41) is 2.97. The smallest absolute Gasteiger partial charge is 0.416 e. The van der Waals surface area contributed by atoms with Crippen molar-refractivity contribution in [3.8, 4) is 5.75 Å². The van der Waals surface area contributed by atoms with Crippen LogP contribution in [0, 0.1) is 11.3 Å². The van der Waals surface area contributed by atoms with Gasteiger partial charge in [-0.3, -0.25) is 9.59 Å². The Balaban J connectivity index is 1.13. The van der Waals surface area contributed by atoms with Crippen molar-refractivity contribution in [1.82, 2.24) is 15.0 Å². The summed E-state index contributed by atoms with van der Waals surface area (Å²) in [5.74, 6) is 0.825. The van der Waals surface area contributed by atoms with Crippen LogP contribution in [0.15, 0.2) is 45.7 Å². The van der Waals surface area contributed by atoms with Crippen molar-refractivity contribution < 1.29 is 27.2 Å². The monoisotopic (exact) mass is 557 g/mol. The van der Waals surface area contributed by atoms with Gasteiger partial charge in [-0.2, -0.15) is 18.3 Å². The number of rotatable bonds is 4. The maximum atomic E-state index is 14.0. The van der Waals surface area contributed by atoms with Crippen LogP contribution >= 0.6 is 0 Å². The van der Waals surface area contributed by atoms with E-state index in [4.69, 9.17) is 9.26 Å². The van der Waals surface area contributed by atoms with E-state index in [0.29, 0.717) is 28.2 Å². The van der Waals surface area contributed by atoms with Crippen LogP contribution in [0.1, 0.15) is 68.6 Å². The highest BCUT2D eigenvalue weighted by atomic mass is 19.4. The SMILES string of the molecule is CC(C)[C@]1(C(=O)N2COc3ccc(C(F)(F)F)cc3C2)CC[C@@H](N2CCC(c3ccc4o[nH]c(=O)c4c3)CC2)C1. The van der Waals surface area contributed by atoms with E-state index < -0.39 is 17.2 Å². The van der Waals surface area contributed by atoms with Gasteiger partial charge in [0.1, 0.15) is 5.75 Å². The number of fused-ring (bicyclic) bond motifs is 2. The predicted molar refractivity (Wildman–Crippen MR) is 143 cm³/mol. The lowest BCUT2D eigenvalue weighted by Crippen LogP contribution is -2.49. The second kappa shape index (κ2) is 9.98. The van der Waals surface area contributed by atoms with Gasteiger partial charge in [0.25, 0.3) is 5.56 Å². The molecule has 2 aromatic carbocycles. The molecule has 1 saturated carbocycles. The topological polar surface area (TPSA) is 78.8 Å². The summed E-state index contributed by atoms with van der Waals surface area (Å²) in [7, 11) is 0. The Labute approximate surface area is 230 Å². The number of nitrogens with one attached hydrogen (secondary N) is 1. The summed E-state index contributed by atoms with van der Waals surface area (Å²) in [4.78, 5) is 30.1. The lowest BCUT2D eigenvalue weighted by atomic mass is 9.74. The number of carbonyl (C=O) groups is 1. The standard InChI is InChI=1S/C30H34F3N3O4/c1-18(2)29(28(38)36-16-21-13-22(30(31,32)33)4-6-25(21)39-17-36)10-7-23(15-29)35-11-8-19(9-12-35)20-3-5-26-24(14-20)27(37)34-40-26/h3-6,13-14,18-19,23H,7-12,15-17H2,1-2H3,(H,34,37)/t23-,29+/m1/s1. The largest absolute Gasteiger partial charge is 0.473 e. The molecule has 7 nitrogen and oxygen atoms in total. The van der Waals surface area contributed by atoms with E-state index in [1.54, 1.807) is 4.90 Å². The lowest BCUT2D eigenvalue weighted by molar-refractivity contribution is -0.150. The molecule has 6 rings (SSSR count). The van der Waals surface area contributed by atoms with E-state index in [-0.39, 0.29) is 36.7 Å². The molecule has 40 heavy (non-hydrogen) atoms. The first-order chi connectivity index (χ1) is 19.0. The van der Waals surface area contributed by atoms with Gasteiger partial charge in [-0.1, -0.05) is 19.9 Å². The molecule has 1 N–H and O–H groups in total. The third-order valence-electron chi connectivity index (χ3n) is 9.49. The number of alkyl halides is 3. The molecule has 214 valence electrons. The first-order valence-electron chi connectivity index (χ1n) is 14.0. The zero-order chi connectivity index (χ0) is 28.2. The summed E-state index contributed by atoms with van der Waals surface area (Å²) in [6.45, 7) is 6.13. The number of hydrogen-bond donors (Lipinski definition) is 1. The minimum absolute atomic E-state index is 0.0263. The molecule has 0 spiro atoms. The number of carbonyl (C=O) groups excluding carboxylic acids is 1. The van der Waals surface area contributed by atoms with Crippen LogP contribution in [0.3, 0.4) is 0 Å². The highest BCUT2D eigenvalue weighted by Gasteiger charge is 2.51. The second-order valence-corrected chi connectivity index (χ2v) is 11.9. The van der Waals surface area contributed by atoms with E-state index in [0.717, 1.165) is 62.9 Å². The van der Waals surface area contributed by atoms with Gasteiger partial charge in [0, 0.05) is 11.6 Å². The van der Waals surface area contributed by atoms with Crippen molar-refractivity contribution in [2.75, 3.05) is 19.8 Å². The number of halogens is 3. The molecule has 0 unspecified atom stereocenters. The number of piperidine rings is 1. The zero-order valence-electron chi connectivity index (χ0n) is 22.7. The average molecular weight is 558 g/mol. The van der Waals surface area contributed by atoms with E-state index in [2.05, 4.69) is 23.9 Å². The first kappa shape index (κ1) is 26.9. The van der Waals surface area contributed by atoms with Gasteiger partial charge in [0.05, 0.1) is 22.9 Å². The highest BCUT2D eigenvalue weighted by Crippen LogP contribution is 2.49. The van der Waals surface area contributed by atoms with Crippen molar-refractivity contribution in [2.45, 2.75) is 70.6 Å². The quantitative estimate of drug-likeness (QED) is 0.433. The van der Waals surface area contributed by atoms with Gasteiger partial charge in [0.15, 0.2) is 12.3 Å². The number of aromatic nitrogens is 1. The van der Waals surface area contributed by atoms with E-state index in [1.807, 2.05) is 18.2 Å². The number of ether oxygens (including phenoxy) is 1. The number of hydrogen-bond acceptors (Lipinski definition) is 5. The molecule has 2 fully saturated rings. The normalized spacial score (nSPS) is 24.4. The molecule has 3 aliphatic rings. The van der Waals surface area contributed by atoms with Crippen LogP contribution in [0.5, 0.6) is 5.75 Å². The minimum atomic E-state index is -4.45. The molecule has 2 atom stereocenters. The minimum Gasteiger partial charge on any atom is -0.473 e. The number of aromatic amines is 1. The Hall–Kier alpha value is -3.27. The number of benzene rings is 2. The second-order valence-electron chi connectivity index (χ2n) is 11.9. The Bertz CT molecular complexity index is 1470. The van der Waals surface area contributed by atoms with E-state index >= 15 is 0 Å².